The molecule has 0 aliphatic carbocycles. The van der Waals surface area contributed by atoms with Crippen LogP contribution < -0.4 is 14.2 Å². The van der Waals surface area contributed by atoms with Crippen molar-refractivity contribution >= 4 is 15.9 Å². The van der Waals surface area contributed by atoms with Crippen LogP contribution in [0.5, 0.6) is 17.4 Å². The van der Waals surface area contributed by atoms with E-state index >= 15 is 0 Å². The molecule has 7 nitrogen and oxygen atoms in total. The van der Waals surface area contributed by atoms with Gasteiger partial charge in [0.05, 0.1) is 7.11 Å². The number of ether oxygens (including phenoxy) is 2. The van der Waals surface area contributed by atoms with Crippen LogP contribution in [0.3, 0.4) is 0 Å². The molecule has 2 aromatic carbocycles. The number of carbonyl (C=O) groups excluding carboxylic acids is 1. The molecule has 35 heavy (non-hydrogen) atoms. The molecule has 0 saturated carbocycles. The maximum atomic E-state index is 13.2. The van der Waals surface area contributed by atoms with E-state index in [0.717, 1.165) is 22.3 Å². The summed E-state index contributed by atoms with van der Waals surface area (Å²) >= 11 is 0. The molecule has 0 radical (unpaired) electrons. The number of benzene rings is 2. The number of amides is 1. The van der Waals surface area contributed by atoms with Gasteiger partial charge >= 0.3 is 0 Å². The van der Waals surface area contributed by atoms with Gasteiger partial charge < -0.3 is 9.47 Å². The van der Waals surface area contributed by atoms with E-state index in [4.69, 9.17) is 9.47 Å². The number of carbonyl (C=O) groups is 1. The van der Waals surface area contributed by atoms with E-state index in [2.05, 4.69) is 9.71 Å². The molecule has 186 valence electrons. The van der Waals surface area contributed by atoms with Crippen molar-refractivity contribution < 1.29 is 22.7 Å². The molecule has 0 bridgehead atoms. The number of rotatable bonds is 6. The summed E-state index contributed by atoms with van der Waals surface area (Å²) in [5.41, 5.74) is 4.07. The zero-order valence-electron chi connectivity index (χ0n) is 21.4. The Morgan fingerprint density at radius 2 is 1.54 bits per heavy atom. The molecule has 3 rings (SSSR count). The fraction of sp³-hybridized carbons (Fsp3) is 0.333. The second-order valence-electron chi connectivity index (χ2n) is 9.72. The third-order valence-corrected chi connectivity index (χ3v) is 6.88. The molecule has 0 fully saturated rings. The van der Waals surface area contributed by atoms with E-state index in [1.807, 2.05) is 60.6 Å². The van der Waals surface area contributed by atoms with Gasteiger partial charge in [0.25, 0.3) is 15.9 Å². The Hall–Kier alpha value is -3.39. The number of hydrogen-bond acceptors (Lipinski definition) is 6. The summed E-state index contributed by atoms with van der Waals surface area (Å²) in [6.07, 6.45) is 0. The van der Waals surface area contributed by atoms with Crippen molar-refractivity contribution in [3.63, 3.8) is 0 Å². The summed E-state index contributed by atoms with van der Waals surface area (Å²) < 4.78 is 39.7. The SMILES string of the molecule is COc1cc(C)ccc1S(=O)(=O)NC(=O)c1ccc(C(C)(C)C)nc1Oc1c(C)cc(C)cc1C. The second kappa shape index (κ2) is 9.70. The van der Waals surface area contributed by atoms with Crippen molar-refractivity contribution in [2.45, 2.75) is 58.8 Å². The molecule has 1 heterocycles. The second-order valence-corrected chi connectivity index (χ2v) is 11.4. The minimum atomic E-state index is -4.23. The number of pyridine rings is 1. The lowest BCUT2D eigenvalue weighted by Gasteiger charge is -2.21. The zero-order chi connectivity index (χ0) is 26.1. The van der Waals surface area contributed by atoms with E-state index in [1.165, 1.54) is 13.2 Å². The van der Waals surface area contributed by atoms with Crippen LogP contribution in [0.2, 0.25) is 0 Å². The predicted molar refractivity (Wildman–Crippen MR) is 136 cm³/mol. The van der Waals surface area contributed by atoms with Crippen LogP contribution in [0.1, 0.15) is 59.1 Å². The van der Waals surface area contributed by atoms with Crippen LogP contribution >= 0.6 is 0 Å². The zero-order valence-corrected chi connectivity index (χ0v) is 22.3. The minimum absolute atomic E-state index is 0.00651. The normalized spacial score (nSPS) is 11.8. The van der Waals surface area contributed by atoms with E-state index in [0.29, 0.717) is 11.4 Å². The topological polar surface area (TPSA) is 94.6 Å². The van der Waals surface area contributed by atoms with Crippen molar-refractivity contribution in [2.24, 2.45) is 0 Å². The molecule has 0 saturated heterocycles. The Kier molecular flexibility index (Phi) is 7.26. The molecule has 0 aliphatic rings. The first kappa shape index (κ1) is 26.2. The maximum Gasteiger partial charge on any atom is 0.270 e. The van der Waals surface area contributed by atoms with Gasteiger partial charge in [0.1, 0.15) is 22.0 Å². The standard InChI is InChI=1S/C27H32N2O5S/c1-16-9-11-22(21(15-16)33-8)35(31,32)29-25(30)20-10-12-23(27(5,6)7)28-26(20)34-24-18(3)13-17(2)14-19(24)4/h9-15H,1-8H3,(H,29,30). The first-order valence-corrected chi connectivity index (χ1v) is 12.7. The van der Waals surface area contributed by atoms with E-state index in [9.17, 15) is 13.2 Å². The number of nitrogens with zero attached hydrogens (tertiary/aromatic N) is 1. The summed E-state index contributed by atoms with van der Waals surface area (Å²) in [4.78, 5) is 17.7. The molecule has 1 aromatic heterocycles. The van der Waals surface area contributed by atoms with Gasteiger partial charge in [-0.15, -0.1) is 0 Å². The van der Waals surface area contributed by atoms with E-state index < -0.39 is 15.9 Å². The van der Waals surface area contributed by atoms with Gasteiger partial charge in [0.2, 0.25) is 5.88 Å². The Balaban J connectivity index is 2.06. The fourth-order valence-electron chi connectivity index (χ4n) is 3.76. The molecular weight excluding hydrogens is 464 g/mol. The highest BCUT2D eigenvalue weighted by Crippen LogP contribution is 2.33. The average Bonchev–Trinajstić information content (AvgIpc) is 2.74. The summed E-state index contributed by atoms with van der Waals surface area (Å²) in [7, 11) is -2.85. The Morgan fingerprint density at radius 1 is 0.914 bits per heavy atom. The number of methoxy groups -OCH3 is 1. The van der Waals surface area contributed by atoms with Gasteiger partial charge in [-0.2, -0.15) is 0 Å². The van der Waals surface area contributed by atoms with E-state index in [1.54, 1.807) is 24.3 Å². The lowest BCUT2D eigenvalue weighted by molar-refractivity contribution is 0.0978. The minimum Gasteiger partial charge on any atom is -0.495 e. The van der Waals surface area contributed by atoms with Crippen molar-refractivity contribution in [1.29, 1.82) is 0 Å². The largest absolute Gasteiger partial charge is 0.495 e. The molecule has 0 aliphatic heterocycles. The van der Waals surface area contributed by atoms with Gasteiger partial charge in [-0.3, -0.25) is 4.79 Å². The monoisotopic (exact) mass is 496 g/mol. The third-order valence-electron chi connectivity index (χ3n) is 5.51. The smallest absolute Gasteiger partial charge is 0.270 e. The molecule has 8 heteroatoms. The van der Waals surface area contributed by atoms with Crippen LogP contribution in [0.25, 0.3) is 0 Å². The summed E-state index contributed by atoms with van der Waals surface area (Å²) in [5.74, 6) is -0.0887. The number of sulfonamides is 1. The Bertz CT molecular complexity index is 1370. The van der Waals surface area contributed by atoms with Crippen molar-refractivity contribution in [3.05, 3.63) is 76.0 Å². The highest BCUT2D eigenvalue weighted by Gasteiger charge is 2.27. The highest BCUT2D eigenvalue weighted by molar-refractivity contribution is 7.90. The molecule has 0 unspecified atom stereocenters. The summed E-state index contributed by atoms with van der Waals surface area (Å²) in [6.45, 7) is 13.6. The van der Waals surface area contributed by atoms with Gasteiger partial charge in [0.15, 0.2) is 0 Å². The number of hydrogen-bond donors (Lipinski definition) is 1. The number of nitrogens with one attached hydrogen (secondary N) is 1. The lowest BCUT2D eigenvalue weighted by atomic mass is 9.91. The average molecular weight is 497 g/mol. The van der Waals surface area contributed by atoms with Gasteiger partial charge in [-0.05, 0) is 68.7 Å². The van der Waals surface area contributed by atoms with E-state index in [-0.39, 0.29) is 27.5 Å². The Morgan fingerprint density at radius 3 is 2.11 bits per heavy atom. The summed E-state index contributed by atoms with van der Waals surface area (Å²) in [5, 5.41) is 0. The summed E-state index contributed by atoms with van der Waals surface area (Å²) in [6, 6.07) is 11.8. The first-order chi connectivity index (χ1) is 16.2. The lowest BCUT2D eigenvalue weighted by Crippen LogP contribution is -2.31. The van der Waals surface area contributed by atoms with Crippen molar-refractivity contribution in [3.8, 4) is 17.4 Å². The van der Waals surface area contributed by atoms with Crippen molar-refractivity contribution in [1.82, 2.24) is 9.71 Å². The molecule has 1 N–H and O–H groups in total. The number of aryl methyl sites for hydroxylation is 4. The first-order valence-electron chi connectivity index (χ1n) is 11.2. The van der Waals surface area contributed by atoms with Gasteiger partial charge in [-0.25, -0.2) is 18.1 Å². The molecule has 0 atom stereocenters. The predicted octanol–water partition coefficient (Wildman–Crippen LogP) is 5.53. The van der Waals surface area contributed by atoms with Gasteiger partial charge in [-0.1, -0.05) is 44.5 Å². The number of aromatic nitrogens is 1. The molecule has 1 amide bonds. The molecular formula is C27H32N2O5S. The van der Waals surface area contributed by atoms with Crippen LogP contribution in [0, 0.1) is 27.7 Å². The van der Waals surface area contributed by atoms with Crippen LogP contribution in [-0.2, 0) is 15.4 Å². The molecule has 0 spiro atoms. The fourth-order valence-corrected chi connectivity index (χ4v) is 4.88. The third kappa shape index (κ3) is 5.82. The Labute approximate surface area is 207 Å². The van der Waals surface area contributed by atoms with Crippen LogP contribution in [-0.4, -0.2) is 26.4 Å². The molecule has 3 aromatic rings. The highest BCUT2D eigenvalue weighted by atomic mass is 32.2. The van der Waals surface area contributed by atoms with Crippen molar-refractivity contribution in [2.75, 3.05) is 7.11 Å². The van der Waals surface area contributed by atoms with Crippen LogP contribution in [0.15, 0.2) is 47.4 Å². The van der Waals surface area contributed by atoms with Gasteiger partial charge in [0, 0.05) is 11.1 Å². The maximum absolute atomic E-state index is 13.2. The quantitative estimate of drug-likeness (QED) is 0.482. The van der Waals surface area contributed by atoms with Crippen LogP contribution in [0.4, 0.5) is 0 Å².